The lowest BCUT2D eigenvalue weighted by Gasteiger charge is -2.33. The van der Waals surface area contributed by atoms with Gasteiger partial charge in [0, 0.05) is 32.2 Å². The maximum absolute atomic E-state index is 13.1. The van der Waals surface area contributed by atoms with E-state index in [2.05, 4.69) is 10.2 Å². The highest BCUT2D eigenvalue weighted by Gasteiger charge is 2.20. The first-order valence-electron chi connectivity index (χ1n) is 5.69. The zero-order valence-electron chi connectivity index (χ0n) is 10.5. The minimum absolute atomic E-state index is 0. The normalized spacial score (nSPS) is 17.3. The molecule has 2 rings (SSSR count). The fraction of sp³-hybridized carbons (Fsp3) is 0.500. The van der Waals surface area contributed by atoms with Crippen LogP contribution >= 0.6 is 24.8 Å². The van der Waals surface area contributed by atoms with E-state index in [9.17, 15) is 13.2 Å². The second kappa shape index (κ2) is 7.94. The molecule has 0 amide bonds. The van der Waals surface area contributed by atoms with Gasteiger partial charge in [0.25, 0.3) is 0 Å². The predicted molar refractivity (Wildman–Crippen MR) is 73.7 cm³/mol. The highest BCUT2D eigenvalue weighted by molar-refractivity contribution is 5.85. The van der Waals surface area contributed by atoms with Crippen LogP contribution in [-0.2, 0) is 0 Å². The lowest BCUT2D eigenvalue weighted by atomic mass is 10.1. The van der Waals surface area contributed by atoms with Crippen molar-refractivity contribution < 1.29 is 13.2 Å². The molecule has 0 radical (unpaired) electrons. The zero-order valence-corrected chi connectivity index (χ0v) is 12.1. The van der Waals surface area contributed by atoms with Crippen molar-refractivity contribution in [2.75, 3.05) is 26.2 Å². The number of nitrogens with zero attached hydrogens (tertiary/aromatic N) is 1. The highest BCUT2D eigenvalue weighted by Crippen LogP contribution is 2.23. The average molecular weight is 317 g/mol. The Hall–Kier alpha value is -0.490. The molecule has 1 aliphatic heterocycles. The molecule has 1 saturated heterocycles. The number of nitrogens with one attached hydrogen (secondary N) is 1. The molecule has 2 nitrogen and oxygen atoms in total. The highest BCUT2D eigenvalue weighted by atomic mass is 35.5. The van der Waals surface area contributed by atoms with E-state index in [4.69, 9.17) is 0 Å². The Balaban J connectivity index is 0.00000162. The average Bonchev–Trinajstić information content (AvgIpc) is 2.35. The van der Waals surface area contributed by atoms with Gasteiger partial charge in [-0.25, -0.2) is 13.2 Å². The number of hydrogen-bond donors (Lipinski definition) is 1. The summed E-state index contributed by atoms with van der Waals surface area (Å²) in [5.74, 6) is -3.65. The Kier molecular flexibility index (Phi) is 7.74. The molecule has 1 atom stereocenters. The van der Waals surface area contributed by atoms with Crippen LogP contribution in [0.3, 0.4) is 0 Å². The molecular formula is C12H17Cl2F3N2. The standard InChI is InChI=1S/C12H15F3N2.2ClH/c1-8(17-4-2-16-3-5-17)9-6-10(13)12(15)11(14)7-9;;/h6-8,16H,2-5H2,1H3;2*1H/t8-;;/m0../s1. The van der Waals surface area contributed by atoms with Crippen LogP contribution in [0.2, 0.25) is 0 Å². The van der Waals surface area contributed by atoms with Crippen LogP contribution in [0.5, 0.6) is 0 Å². The molecule has 0 aliphatic carbocycles. The summed E-state index contributed by atoms with van der Waals surface area (Å²) in [7, 11) is 0. The monoisotopic (exact) mass is 316 g/mol. The summed E-state index contributed by atoms with van der Waals surface area (Å²) in [6, 6.07) is 2.04. The van der Waals surface area contributed by atoms with Crippen LogP contribution in [0, 0.1) is 17.5 Å². The minimum atomic E-state index is -1.40. The fourth-order valence-corrected chi connectivity index (χ4v) is 2.10. The molecule has 0 bridgehead atoms. The summed E-state index contributed by atoms with van der Waals surface area (Å²) >= 11 is 0. The van der Waals surface area contributed by atoms with Gasteiger partial charge in [-0.05, 0) is 24.6 Å². The van der Waals surface area contributed by atoms with E-state index in [0.29, 0.717) is 5.56 Å². The van der Waals surface area contributed by atoms with Crippen molar-refractivity contribution in [3.05, 3.63) is 35.1 Å². The van der Waals surface area contributed by atoms with Crippen LogP contribution in [0.1, 0.15) is 18.5 Å². The maximum Gasteiger partial charge on any atom is 0.194 e. The first-order chi connectivity index (χ1) is 8.09. The molecule has 1 aromatic carbocycles. The summed E-state index contributed by atoms with van der Waals surface area (Å²) < 4.78 is 39.1. The smallest absolute Gasteiger partial charge is 0.194 e. The topological polar surface area (TPSA) is 15.3 Å². The van der Waals surface area contributed by atoms with Crippen molar-refractivity contribution >= 4 is 24.8 Å². The van der Waals surface area contributed by atoms with Gasteiger partial charge < -0.3 is 5.32 Å². The molecule has 19 heavy (non-hydrogen) atoms. The van der Waals surface area contributed by atoms with Crippen LogP contribution in [-0.4, -0.2) is 31.1 Å². The Bertz CT molecular complexity index is 389. The Morgan fingerprint density at radius 1 is 1.05 bits per heavy atom. The predicted octanol–water partition coefficient (Wildman–Crippen LogP) is 2.91. The van der Waals surface area contributed by atoms with E-state index in [0.717, 1.165) is 38.3 Å². The minimum Gasteiger partial charge on any atom is -0.314 e. The molecule has 0 unspecified atom stereocenters. The van der Waals surface area contributed by atoms with Gasteiger partial charge in [0.05, 0.1) is 0 Å². The molecule has 0 spiro atoms. The first-order valence-corrected chi connectivity index (χ1v) is 5.69. The van der Waals surface area contributed by atoms with Gasteiger partial charge in [0.15, 0.2) is 17.5 Å². The van der Waals surface area contributed by atoms with Crippen molar-refractivity contribution in [3.8, 4) is 0 Å². The van der Waals surface area contributed by atoms with Crippen LogP contribution < -0.4 is 5.32 Å². The molecule has 110 valence electrons. The lowest BCUT2D eigenvalue weighted by Crippen LogP contribution is -2.44. The van der Waals surface area contributed by atoms with E-state index in [-0.39, 0.29) is 30.9 Å². The van der Waals surface area contributed by atoms with E-state index in [1.165, 1.54) is 0 Å². The van der Waals surface area contributed by atoms with Gasteiger partial charge in [-0.2, -0.15) is 0 Å². The molecular weight excluding hydrogens is 300 g/mol. The molecule has 7 heteroatoms. The number of halogens is 5. The number of piperazine rings is 1. The number of benzene rings is 1. The Morgan fingerprint density at radius 3 is 2.00 bits per heavy atom. The van der Waals surface area contributed by atoms with Crippen molar-refractivity contribution in [3.63, 3.8) is 0 Å². The summed E-state index contributed by atoms with van der Waals surface area (Å²) in [5, 5.41) is 3.20. The maximum atomic E-state index is 13.1. The Morgan fingerprint density at radius 2 is 1.53 bits per heavy atom. The molecule has 0 aromatic heterocycles. The zero-order chi connectivity index (χ0) is 12.4. The lowest BCUT2D eigenvalue weighted by molar-refractivity contribution is 0.184. The molecule has 1 N–H and O–H groups in total. The molecule has 0 saturated carbocycles. The Labute approximate surface area is 123 Å². The van der Waals surface area contributed by atoms with E-state index in [1.54, 1.807) is 0 Å². The quantitative estimate of drug-likeness (QED) is 0.844. The molecule has 1 aliphatic rings. The third kappa shape index (κ3) is 4.24. The van der Waals surface area contributed by atoms with Crippen LogP contribution in [0.15, 0.2) is 12.1 Å². The second-order valence-corrected chi connectivity index (χ2v) is 4.26. The van der Waals surface area contributed by atoms with Gasteiger partial charge in [-0.15, -0.1) is 24.8 Å². The van der Waals surface area contributed by atoms with Gasteiger partial charge in [-0.3, -0.25) is 4.90 Å². The van der Waals surface area contributed by atoms with Crippen molar-refractivity contribution in [2.24, 2.45) is 0 Å². The second-order valence-electron chi connectivity index (χ2n) is 4.26. The third-order valence-corrected chi connectivity index (χ3v) is 3.19. The van der Waals surface area contributed by atoms with Crippen LogP contribution in [0.4, 0.5) is 13.2 Å². The summed E-state index contributed by atoms with van der Waals surface area (Å²) in [6.45, 7) is 5.23. The van der Waals surface area contributed by atoms with Crippen LogP contribution in [0.25, 0.3) is 0 Å². The summed E-state index contributed by atoms with van der Waals surface area (Å²) in [6.07, 6.45) is 0. The van der Waals surface area contributed by atoms with Crippen molar-refractivity contribution in [1.29, 1.82) is 0 Å². The largest absolute Gasteiger partial charge is 0.314 e. The fourth-order valence-electron chi connectivity index (χ4n) is 2.10. The number of rotatable bonds is 2. The van der Waals surface area contributed by atoms with Gasteiger partial charge >= 0.3 is 0 Å². The van der Waals surface area contributed by atoms with Gasteiger partial charge in [0.2, 0.25) is 0 Å². The molecule has 1 fully saturated rings. The van der Waals surface area contributed by atoms with Gasteiger partial charge in [-0.1, -0.05) is 0 Å². The summed E-state index contributed by atoms with van der Waals surface area (Å²) in [4.78, 5) is 2.11. The third-order valence-electron chi connectivity index (χ3n) is 3.19. The van der Waals surface area contributed by atoms with E-state index < -0.39 is 17.5 Å². The van der Waals surface area contributed by atoms with E-state index in [1.807, 2.05) is 6.92 Å². The number of hydrogen-bond acceptors (Lipinski definition) is 2. The molecule has 1 aromatic rings. The van der Waals surface area contributed by atoms with Gasteiger partial charge in [0.1, 0.15) is 0 Å². The summed E-state index contributed by atoms with van der Waals surface area (Å²) in [5.41, 5.74) is 0.475. The van der Waals surface area contributed by atoms with Crippen molar-refractivity contribution in [2.45, 2.75) is 13.0 Å². The first kappa shape index (κ1) is 18.5. The SMILES string of the molecule is C[C@@H](c1cc(F)c(F)c(F)c1)N1CCNCC1.Cl.Cl. The molecule has 1 heterocycles. The van der Waals surface area contributed by atoms with Crippen molar-refractivity contribution in [1.82, 2.24) is 10.2 Å². The van der Waals surface area contributed by atoms with E-state index >= 15 is 0 Å².